The molecule has 0 saturated carbocycles. The fourth-order valence-corrected chi connectivity index (χ4v) is 4.77. The Morgan fingerprint density at radius 2 is 2.25 bits per heavy atom. The minimum atomic E-state index is 0.809. The Labute approximate surface area is 149 Å². The molecular formula is C18H18N4S2. The van der Waals surface area contributed by atoms with Gasteiger partial charge in [0.1, 0.15) is 11.3 Å². The van der Waals surface area contributed by atoms with E-state index >= 15 is 0 Å². The molecule has 3 aromatic rings. The number of allylic oxidation sites excluding steroid dienone is 2. The van der Waals surface area contributed by atoms with Crippen LogP contribution in [0.2, 0.25) is 0 Å². The number of rotatable bonds is 4. The Hall–Kier alpha value is -1.92. The third-order valence-corrected chi connectivity index (χ3v) is 6.15. The lowest BCUT2D eigenvalue weighted by atomic mass is 10.1. The lowest BCUT2D eigenvalue weighted by molar-refractivity contribution is 0.735. The Morgan fingerprint density at radius 3 is 3.08 bits per heavy atom. The van der Waals surface area contributed by atoms with Gasteiger partial charge < -0.3 is 4.57 Å². The second-order valence-corrected chi connectivity index (χ2v) is 7.60. The zero-order valence-corrected chi connectivity index (χ0v) is 15.3. The molecule has 0 bridgehead atoms. The van der Waals surface area contributed by atoms with Crippen LogP contribution in [-0.4, -0.2) is 19.5 Å². The average Bonchev–Trinajstić information content (AvgIpc) is 3.19. The zero-order valence-electron chi connectivity index (χ0n) is 13.7. The third-order valence-electron chi connectivity index (χ3n) is 4.21. The first-order chi connectivity index (χ1) is 11.8. The number of aryl methyl sites for hydroxylation is 1. The first kappa shape index (κ1) is 15.6. The number of pyridine rings is 1. The molecule has 3 aromatic heterocycles. The highest BCUT2D eigenvalue weighted by Gasteiger charge is 2.18. The molecule has 4 rings (SSSR count). The lowest BCUT2D eigenvalue weighted by Crippen LogP contribution is -2.03. The number of aromatic nitrogens is 4. The van der Waals surface area contributed by atoms with E-state index in [1.54, 1.807) is 23.1 Å². The summed E-state index contributed by atoms with van der Waals surface area (Å²) >= 11 is 3.49. The molecule has 0 unspecified atom stereocenters. The number of hydrogen-bond donors (Lipinski definition) is 0. The van der Waals surface area contributed by atoms with Gasteiger partial charge in [0.15, 0.2) is 0 Å². The summed E-state index contributed by atoms with van der Waals surface area (Å²) in [6.07, 6.45) is 7.70. The fourth-order valence-electron chi connectivity index (χ4n) is 3.04. The van der Waals surface area contributed by atoms with Crippen LogP contribution in [0.1, 0.15) is 36.7 Å². The molecule has 1 aliphatic rings. The van der Waals surface area contributed by atoms with E-state index in [-0.39, 0.29) is 0 Å². The van der Waals surface area contributed by atoms with Crippen molar-refractivity contribution in [3.8, 4) is 0 Å². The topological polar surface area (TPSA) is 43.6 Å². The Balaban J connectivity index is 1.74. The number of thioether (sulfide) groups is 1. The van der Waals surface area contributed by atoms with Gasteiger partial charge in [0.25, 0.3) is 0 Å². The Morgan fingerprint density at radius 1 is 1.33 bits per heavy atom. The van der Waals surface area contributed by atoms with Crippen LogP contribution in [0, 0.1) is 0 Å². The van der Waals surface area contributed by atoms with Gasteiger partial charge in [-0.15, -0.1) is 11.3 Å². The molecule has 0 atom stereocenters. The van der Waals surface area contributed by atoms with E-state index in [9.17, 15) is 0 Å². The van der Waals surface area contributed by atoms with Gasteiger partial charge in [0, 0.05) is 28.9 Å². The summed E-state index contributed by atoms with van der Waals surface area (Å²) in [7, 11) is 0. The van der Waals surface area contributed by atoms with Crippen LogP contribution < -0.4 is 0 Å². The minimum absolute atomic E-state index is 0.809. The van der Waals surface area contributed by atoms with Crippen LogP contribution in [0.4, 0.5) is 0 Å². The van der Waals surface area contributed by atoms with Crippen molar-refractivity contribution in [2.45, 2.75) is 33.2 Å². The van der Waals surface area contributed by atoms with Gasteiger partial charge in [-0.1, -0.05) is 23.4 Å². The summed E-state index contributed by atoms with van der Waals surface area (Å²) in [5.41, 5.74) is 6.58. The van der Waals surface area contributed by atoms with Gasteiger partial charge in [0.2, 0.25) is 0 Å². The van der Waals surface area contributed by atoms with Gasteiger partial charge in [-0.25, -0.2) is 9.97 Å². The fraction of sp³-hybridized carbons (Fsp3) is 0.278. The molecule has 122 valence electrons. The standard InChI is InChI=1S/C18H18N4S2/c1-3-22-14-6-7-19-10-13(14)21-16(22)9-15-17(20-11-24-15)18-12(2)5-4-8-23-18/h4,6-8,10-11H,3,5,9H2,1-2H3. The summed E-state index contributed by atoms with van der Waals surface area (Å²) < 4.78 is 2.27. The van der Waals surface area contributed by atoms with Crippen LogP contribution in [-0.2, 0) is 13.0 Å². The second-order valence-electron chi connectivity index (χ2n) is 5.74. The monoisotopic (exact) mass is 354 g/mol. The maximum absolute atomic E-state index is 4.81. The van der Waals surface area contributed by atoms with E-state index in [0.29, 0.717) is 0 Å². The maximum Gasteiger partial charge on any atom is 0.115 e. The number of fused-ring (bicyclic) bond motifs is 1. The SMILES string of the molecule is CCn1c(Cc2scnc2C2=C(C)CC=CS2)nc2cnccc21. The predicted molar refractivity (Wildman–Crippen MR) is 102 cm³/mol. The van der Waals surface area contributed by atoms with Crippen molar-refractivity contribution in [3.05, 3.63) is 57.4 Å². The van der Waals surface area contributed by atoms with Crippen LogP contribution in [0.3, 0.4) is 0 Å². The molecule has 1 aliphatic heterocycles. The molecular weight excluding hydrogens is 336 g/mol. The van der Waals surface area contributed by atoms with Gasteiger partial charge in [-0.05, 0) is 31.7 Å². The summed E-state index contributed by atoms with van der Waals surface area (Å²) in [6.45, 7) is 5.26. The average molecular weight is 355 g/mol. The molecule has 0 saturated heterocycles. The summed E-state index contributed by atoms with van der Waals surface area (Å²) in [6, 6.07) is 2.04. The number of imidazole rings is 1. The number of nitrogens with zero attached hydrogens (tertiary/aromatic N) is 4. The highest BCUT2D eigenvalue weighted by Crippen LogP contribution is 2.38. The Kier molecular flexibility index (Phi) is 4.24. The molecule has 0 N–H and O–H groups in total. The lowest BCUT2D eigenvalue weighted by Gasteiger charge is -2.12. The largest absolute Gasteiger partial charge is 0.328 e. The van der Waals surface area contributed by atoms with E-state index < -0.39 is 0 Å². The van der Waals surface area contributed by atoms with E-state index in [2.05, 4.69) is 39.9 Å². The smallest absolute Gasteiger partial charge is 0.115 e. The molecule has 0 radical (unpaired) electrons. The number of thiazole rings is 1. The van der Waals surface area contributed by atoms with Crippen molar-refractivity contribution >= 4 is 39.0 Å². The van der Waals surface area contributed by atoms with Crippen molar-refractivity contribution in [3.63, 3.8) is 0 Å². The van der Waals surface area contributed by atoms with E-state index in [0.717, 1.165) is 41.9 Å². The zero-order chi connectivity index (χ0) is 16.5. The van der Waals surface area contributed by atoms with E-state index in [1.807, 2.05) is 24.0 Å². The second kappa shape index (κ2) is 6.53. The van der Waals surface area contributed by atoms with Gasteiger partial charge in [-0.2, -0.15) is 0 Å². The molecule has 0 spiro atoms. The van der Waals surface area contributed by atoms with Crippen LogP contribution in [0.5, 0.6) is 0 Å². The van der Waals surface area contributed by atoms with Crippen molar-refractivity contribution in [1.82, 2.24) is 19.5 Å². The Bertz CT molecular complexity index is 949. The minimum Gasteiger partial charge on any atom is -0.328 e. The van der Waals surface area contributed by atoms with Gasteiger partial charge in [-0.3, -0.25) is 4.98 Å². The van der Waals surface area contributed by atoms with Crippen LogP contribution in [0.25, 0.3) is 15.9 Å². The van der Waals surface area contributed by atoms with Gasteiger partial charge >= 0.3 is 0 Å². The molecule has 0 aromatic carbocycles. The van der Waals surface area contributed by atoms with E-state index in [1.165, 1.54) is 15.4 Å². The van der Waals surface area contributed by atoms with Crippen molar-refractivity contribution in [2.24, 2.45) is 0 Å². The number of hydrogen-bond acceptors (Lipinski definition) is 5. The van der Waals surface area contributed by atoms with Crippen LogP contribution >= 0.6 is 23.1 Å². The first-order valence-corrected chi connectivity index (χ1v) is 9.77. The van der Waals surface area contributed by atoms with E-state index in [4.69, 9.17) is 4.98 Å². The molecule has 0 aliphatic carbocycles. The normalized spacial score (nSPS) is 14.8. The summed E-state index contributed by atoms with van der Waals surface area (Å²) in [5.74, 6) is 1.08. The maximum atomic E-state index is 4.81. The molecule has 6 heteroatoms. The van der Waals surface area contributed by atoms with Crippen molar-refractivity contribution < 1.29 is 0 Å². The summed E-state index contributed by atoms with van der Waals surface area (Å²) in [4.78, 5) is 16.2. The molecule has 0 amide bonds. The summed E-state index contributed by atoms with van der Waals surface area (Å²) in [5, 5.41) is 2.17. The predicted octanol–water partition coefficient (Wildman–Crippen LogP) is 4.88. The van der Waals surface area contributed by atoms with Crippen molar-refractivity contribution in [2.75, 3.05) is 0 Å². The van der Waals surface area contributed by atoms with Gasteiger partial charge in [0.05, 0.1) is 22.9 Å². The highest BCUT2D eigenvalue weighted by molar-refractivity contribution is 8.11. The first-order valence-electron chi connectivity index (χ1n) is 8.01. The quantitative estimate of drug-likeness (QED) is 0.670. The van der Waals surface area contributed by atoms with Crippen LogP contribution in [0.15, 0.2) is 41.0 Å². The van der Waals surface area contributed by atoms with Crippen molar-refractivity contribution in [1.29, 1.82) is 0 Å². The molecule has 4 nitrogen and oxygen atoms in total. The molecule has 0 fully saturated rings. The molecule has 24 heavy (non-hydrogen) atoms. The third kappa shape index (κ3) is 2.70. The molecule has 4 heterocycles. The highest BCUT2D eigenvalue weighted by atomic mass is 32.2.